The predicted molar refractivity (Wildman–Crippen MR) is 77.2 cm³/mol. The topological polar surface area (TPSA) is 38.8 Å². The number of hydrogen-bond acceptors (Lipinski definition) is 4. The molecule has 7 heteroatoms. The van der Waals surface area contributed by atoms with Crippen LogP contribution in [0.5, 0.6) is 0 Å². The van der Waals surface area contributed by atoms with Gasteiger partial charge in [-0.3, -0.25) is 4.79 Å². The van der Waals surface area contributed by atoms with Crippen LogP contribution in [0.15, 0.2) is 13.6 Å². The molecule has 1 aromatic heterocycles. The van der Waals surface area contributed by atoms with E-state index >= 15 is 0 Å². The van der Waals surface area contributed by atoms with E-state index in [0.29, 0.717) is 18.7 Å². The van der Waals surface area contributed by atoms with Gasteiger partial charge >= 0.3 is 0 Å². The summed E-state index contributed by atoms with van der Waals surface area (Å²) in [5.41, 5.74) is 0.679. The molecule has 2 unspecified atom stereocenters. The van der Waals surface area contributed by atoms with Crippen molar-refractivity contribution in [1.82, 2.24) is 4.90 Å². The fraction of sp³-hybridized carbons (Fsp3) is 0.545. The molecule has 1 amide bonds. The third-order valence-corrected chi connectivity index (χ3v) is 5.33. The van der Waals surface area contributed by atoms with Gasteiger partial charge in [-0.1, -0.05) is 0 Å². The van der Waals surface area contributed by atoms with E-state index in [1.165, 1.54) is 11.3 Å². The van der Waals surface area contributed by atoms with Crippen molar-refractivity contribution in [3.63, 3.8) is 0 Å². The smallest absolute Gasteiger partial charge is 0.256 e. The molecule has 0 bridgehead atoms. The molecular formula is C11H13Br2NO3S. The van der Waals surface area contributed by atoms with E-state index in [4.69, 9.17) is 9.47 Å². The molecule has 1 aliphatic rings. The molecule has 18 heavy (non-hydrogen) atoms. The third-order valence-electron chi connectivity index (χ3n) is 3.00. The largest absolute Gasteiger partial charge is 0.377 e. The second-order valence-corrected chi connectivity index (χ2v) is 7.75. The molecule has 4 nitrogen and oxygen atoms in total. The van der Waals surface area contributed by atoms with Crippen molar-refractivity contribution in [3.8, 4) is 0 Å². The fourth-order valence-electron chi connectivity index (χ4n) is 2.02. The molecule has 0 radical (unpaired) electrons. The van der Waals surface area contributed by atoms with Crippen LogP contribution >= 0.6 is 43.2 Å². The van der Waals surface area contributed by atoms with Crippen molar-refractivity contribution in [2.45, 2.75) is 12.2 Å². The highest BCUT2D eigenvalue weighted by atomic mass is 79.9. The summed E-state index contributed by atoms with van der Waals surface area (Å²) in [5.74, 6) is 0.00502. The van der Waals surface area contributed by atoms with E-state index in [-0.39, 0.29) is 18.1 Å². The molecule has 0 aliphatic carbocycles. The second kappa shape index (κ2) is 6.00. The molecule has 1 aliphatic heterocycles. The molecule has 1 aromatic rings. The molecule has 100 valence electrons. The Morgan fingerprint density at radius 1 is 1.33 bits per heavy atom. The quantitative estimate of drug-likeness (QED) is 0.785. The molecule has 0 N–H and O–H groups in total. The van der Waals surface area contributed by atoms with Crippen LogP contribution in [0.25, 0.3) is 0 Å². The Morgan fingerprint density at radius 2 is 1.89 bits per heavy atom. The van der Waals surface area contributed by atoms with Gasteiger partial charge in [0, 0.05) is 27.3 Å². The Bertz CT molecular complexity index is 439. The lowest BCUT2D eigenvalue weighted by Gasteiger charge is -2.15. The van der Waals surface area contributed by atoms with Crippen molar-refractivity contribution in [2.24, 2.45) is 0 Å². The number of carbonyl (C=O) groups is 1. The van der Waals surface area contributed by atoms with E-state index in [2.05, 4.69) is 31.9 Å². The first-order chi connectivity index (χ1) is 8.56. The van der Waals surface area contributed by atoms with Gasteiger partial charge in [-0.05, 0) is 37.9 Å². The van der Waals surface area contributed by atoms with E-state index in [1.54, 1.807) is 19.1 Å². The van der Waals surface area contributed by atoms with Crippen LogP contribution in [0.4, 0.5) is 0 Å². The number of hydrogen-bond donors (Lipinski definition) is 0. The normalized spacial score (nSPS) is 23.7. The van der Waals surface area contributed by atoms with Gasteiger partial charge in [0.05, 0.1) is 13.1 Å². The minimum absolute atomic E-state index is 0.00502. The van der Waals surface area contributed by atoms with Crippen molar-refractivity contribution in [2.75, 3.05) is 27.3 Å². The Labute approximate surface area is 127 Å². The summed E-state index contributed by atoms with van der Waals surface area (Å²) in [7, 11) is 3.28. The van der Waals surface area contributed by atoms with Gasteiger partial charge in [-0.2, -0.15) is 0 Å². The first-order valence-electron chi connectivity index (χ1n) is 5.36. The number of ether oxygens (including phenoxy) is 2. The van der Waals surface area contributed by atoms with Crippen LogP contribution < -0.4 is 0 Å². The van der Waals surface area contributed by atoms with Crippen LogP contribution in [0.1, 0.15) is 10.4 Å². The van der Waals surface area contributed by atoms with Crippen molar-refractivity contribution < 1.29 is 14.3 Å². The number of likely N-dealkylation sites (tertiary alicyclic amines) is 1. The number of carbonyl (C=O) groups excluding carboxylic acids is 1. The van der Waals surface area contributed by atoms with E-state index in [1.807, 2.05) is 6.07 Å². The van der Waals surface area contributed by atoms with E-state index in [9.17, 15) is 4.79 Å². The van der Waals surface area contributed by atoms with Crippen LogP contribution in [0.2, 0.25) is 0 Å². The lowest BCUT2D eigenvalue weighted by molar-refractivity contribution is -0.00461. The maximum absolute atomic E-state index is 12.4. The number of nitrogens with zero attached hydrogens (tertiary/aromatic N) is 1. The average molecular weight is 399 g/mol. The summed E-state index contributed by atoms with van der Waals surface area (Å²) in [6.45, 7) is 1.13. The molecule has 1 fully saturated rings. The zero-order valence-electron chi connectivity index (χ0n) is 9.98. The van der Waals surface area contributed by atoms with Gasteiger partial charge < -0.3 is 14.4 Å². The minimum Gasteiger partial charge on any atom is -0.377 e. The summed E-state index contributed by atoms with van der Waals surface area (Å²) in [4.78, 5) is 14.1. The predicted octanol–water partition coefficient (Wildman–Crippen LogP) is 2.76. The van der Waals surface area contributed by atoms with Gasteiger partial charge in [-0.15, -0.1) is 11.3 Å². The Hall–Kier alpha value is 0.0500. The van der Waals surface area contributed by atoms with E-state index < -0.39 is 0 Å². The highest BCUT2D eigenvalue weighted by Gasteiger charge is 2.36. The van der Waals surface area contributed by atoms with Crippen molar-refractivity contribution in [1.29, 1.82) is 0 Å². The monoisotopic (exact) mass is 397 g/mol. The number of thiophene rings is 1. The first kappa shape index (κ1) is 14.5. The molecule has 2 rings (SSSR count). The molecule has 1 saturated heterocycles. The van der Waals surface area contributed by atoms with Crippen LogP contribution in [-0.4, -0.2) is 50.3 Å². The van der Waals surface area contributed by atoms with Crippen molar-refractivity contribution >= 4 is 49.1 Å². The third kappa shape index (κ3) is 2.80. The molecule has 2 atom stereocenters. The number of amides is 1. The highest BCUT2D eigenvalue weighted by molar-refractivity contribution is 9.12. The van der Waals surface area contributed by atoms with Crippen LogP contribution in [0, 0.1) is 0 Å². The zero-order chi connectivity index (χ0) is 13.3. The Balaban J connectivity index is 2.14. The molecule has 0 spiro atoms. The number of halogens is 2. The summed E-state index contributed by atoms with van der Waals surface area (Å²) < 4.78 is 12.4. The van der Waals surface area contributed by atoms with Gasteiger partial charge in [-0.25, -0.2) is 0 Å². The van der Waals surface area contributed by atoms with Gasteiger partial charge in [0.25, 0.3) is 5.91 Å². The van der Waals surface area contributed by atoms with Gasteiger partial charge in [0.15, 0.2) is 0 Å². The molecule has 2 heterocycles. The molecule has 0 saturated carbocycles. The maximum atomic E-state index is 12.4. The SMILES string of the molecule is COC1CN(C(=O)c2cc(Br)sc2Br)CC1OC. The lowest BCUT2D eigenvalue weighted by atomic mass is 10.3. The molecule has 0 aromatic carbocycles. The second-order valence-electron chi connectivity index (χ2n) is 4.00. The van der Waals surface area contributed by atoms with Crippen molar-refractivity contribution in [3.05, 3.63) is 19.2 Å². The average Bonchev–Trinajstić information content (AvgIpc) is 2.91. The lowest BCUT2D eigenvalue weighted by Crippen LogP contribution is -2.29. The Morgan fingerprint density at radius 3 is 2.28 bits per heavy atom. The minimum atomic E-state index is -0.0557. The summed E-state index contributed by atoms with van der Waals surface area (Å²) in [6, 6.07) is 1.83. The Kier molecular flexibility index (Phi) is 4.82. The van der Waals surface area contributed by atoms with Gasteiger partial charge in [0.2, 0.25) is 0 Å². The fourth-order valence-corrected chi connectivity index (χ4v) is 4.80. The summed E-state index contributed by atoms with van der Waals surface area (Å²) in [5, 5.41) is 0. The van der Waals surface area contributed by atoms with Gasteiger partial charge in [0.1, 0.15) is 12.2 Å². The standard InChI is InChI=1S/C11H13Br2NO3S/c1-16-7-4-14(5-8(7)17-2)11(15)6-3-9(12)18-10(6)13/h3,7-8H,4-5H2,1-2H3. The number of rotatable bonds is 3. The maximum Gasteiger partial charge on any atom is 0.256 e. The first-order valence-corrected chi connectivity index (χ1v) is 7.76. The van der Waals surface area contributed by atoms with Crippen LogP contribution in [0.3, 0.4) is 0 Å². The van der Waals surface area contributed by atoms with E-state index in [0.717, 1.165) is 7.57 Å². The summed E-state index contributed by atoms with van der Waals surface area (Å²) in [6.07, 6.45) is -0.111. The highest BCUT2D eigenvalue weighted by Crippen LogP contribution is 2.33. The van der Waals surface area contributed by atoms with Crippen LogP contribution in [-0.2, 0) is 9.47 Å². The molecular weight excluding hydrogens is 386 g/mol. The number of methoxy groups -OCH3 is 2. The zero-order valence-corrected chi connectivity index (χ0v) is 14.0. The summed E-state index contributed by atoms with van der Waals surface area (Å²) >= 11 is 8.28.